The van der Waals surface area contributed by atoms with Crippen molar-refractivity contribution in [3.63, 3.8) is 0 Å². The molecule has 10 nitrogen and oxygen atoms in total. The highest BCUT2D eigenvalue weighted by Crippen LogP contribution is 2.38. The van der Waals surface area contributed by atoms with Gasteiger partial charge in [-0.1, -0.05) is 12.1 Å². The van der Waals surface area contributed by atoms with Gasteiger partial charge in [-0.15, -0.1) is 0 Å². The Bertz CT molecular complexity index is 1330. The second-order valence-corrected chi connectivity index (χ2v) is 8.35. The van der Waals surface area contributed by atoms with E-state index in [1.165, 1.54) is 23.2 Å². The minimum atomic E-state index is -4.80. The van der Waals surface area contributed by atoms with Crippen molar-refractivity contribution in [3.8, 4) is 6.07 Å². The molecule has 4 rings (SSSR count). The first-order valence-corrected chi connectivity index (χ1v) is 10.6. The average Bonchev–Trinajstić information content (AvgIpc) is 3.19. The molecule has 1 saturated heterocycles. The number of likely N-dealkylation sites (tertiary alicyclic amines) is 1. The number of piperidine rings is 1. The van der Waals surface area contributed by atoms with E-state index in [-0.39, 0.29) is 36.3 Å². The predicted molar refractivity (Wildman–Crippen MR) is 118 cm³/mol. The van der Waals surface area contributed by atoms with Crippen molar-refractivity contribution in [1.82, 2.24) is 19.7 Å². The summed E-state index contributed by atoms with van der Waals surface area (Å²) in [4.78, 5) is 27.9. The molecule has 13 heteroatoms. The third-order valence-electron chi connectivity index (χ3n) is 6.23. The number of aromatic amines is 1. The van der Waals surface area contributed by atoms with Gasteiger partial charge in [0.25, 0.3) is 5.56 Å². The van der Waals surface area contributed by atoms with Crippen LogP contribution in [0.2, 0.25) is 0 Å². The van der Waals surface area contributed by atoms with Crippen molar-refractivity contribution >= 4 is 28.5 Å². The highest BCUT2D eigenvalue weighted by atomic mass is 19.4. The Kier molecular flexibility index (Phi) is 6.16. The van der Waals surface area contributed by atoms with Crippen LogP contribution in [0.3, 0.4) is 0 Å². The summed E-state index contributed by atoms with van der Waals surface area (Å²) in [5.74, 6) is 0.129. The average molecular weight is 490 g/mol. The number of halogens is 3. The number of amides is 1. The molecule has 1 unspecified atom stereocenters. The van der Waals surface area contributed by atoms with Gasteiger partial charge < -0.3 is 25.4 Å². The molecule has 3 heterocycles. The number of aliphatic hydroxyl groups is 1. The third-order valence-corrected chi connectivity index (χ3v) is 6.23. The fraction of sp³-hybridized carbons (Fsp3) is 0.364. The molecule has 0 spiro atoms. The molecule has 0 bridgehead atoms. The molecule has 1 amide bonds. The van der Waals surface area contributed by atoms with E-state index in [2.05, 4.69) is 21.5 Å². The SMILES string of the molecule is N#CCC1(n2nc(Nc3ccc(C(O)C(F)(F)F)cc3)c3c(=O)[nH]ccc32)CCN(C(=O)O)CC1. The number of rotatable bonds is 5. The van der Waals surface area contributed by atoms with Crippen LogP contribution in [0.1, 0.15) is 30.9 Å². The number of carbonyl (C=O) groups is 1. The summed E-state index contributed by atoms with van der Waals surface area (Å²) in [5, 5.41) is 35.9. The summed E-state index contributed by atoms with van der Waals surface area (Å²) in [6, 6.07) is 8.64. The van der Waals surface area contributed by atoms with Crippen LogP contribution in [0, 0.1) is 11.3 Å². The smallest absolute Gasteiger partial charge is 0.418 e. The summed E-state index contributed by atoms with van der Waals surface area (Å²) < 4.78 is 39.9. The number of hydrogen-bond acceptors (Lipinski definition) is 6. The van der Waals surface area contributed by atoms with Crippen LogP contribution in [0.4, 0.5) is 29.5 Å². The molecule has 0 aliphatic carbocycles. The lowest BCUT2D eigenvalue weighted by molar-refractivity contribution is -0.206. The lowest BCUT2D eigenvalue weighted by atomic mass is 9.85. The van der Waals surface area contributed by atoms with E-state index in [1.54, 1.807) is 10.7 Å². The van der Waals surface area contributed by atoms with E-state index in [0.717, 1.165) is 12.1 Å². The number of benzene rings is 1. The Balaban J connectivity index is 1.73. The van der Waals surface area contributed by atoms with Crippen molar-refractivity contribution in [2.75, 3.05) is 18.4 Å². The topological polar surface area (TPSA) is 147 Å². The van der Waals surface area contributed by atoms with Gasteiger partial charge in [-0.05, 0) is 36.6 Å². The maximum atomic E-state index is 12.8. The second kappa shape index (κ2) is 8.95. The molecule has 0 saturated carbocycles. The molecule has 1 atom stereocenters. The Morgan fingerprint density at radius 2 is 1.91 bits per heavy atom. The number of pyridine rings is 1. The number of H-pyrrole nitrogens is 1. The molecule has 1 fully saturated rings. The second-order valence-electron chi connectivity index (χ2n) is 8.35. The lowest BCUT2D eigenvalue weighted by Crippen LogP contribution is -2.48. The first-order valence-electron chi connectivity index (χ1n) is 10.6. The maximum absolute atomic E-state index is 12.8. The van der Waals surface area contributed by atoms with Crippen LogP contribution in [0.15, 0.2) is 41.3 Å². The lowest BCUT2D eigenvalue weighted by Gasteiger charge is -2.40. The van der Waals surface area contributed by atoms with Gasteiger partial charge in [0, 0.05) is 25.0 Å². The van der Waals surface area contributed by atoms with Crippen molar-refractivity contribution in [2.45, 2.75) is 37.1 Å². The molecule has 4 N–H and O–H groups in total. The number of hydrogen-bond donors (Lipinski definition) is 4. The predicted octanol–water partition coefficient (Wildman–Crippen LogP) is 3.45. The number of nitrogens with zero attached hydrogens (tertiary/aromatic N) is 4. The Morgan fingerprint density at radius 3 is 2.49 bits per heavy atom. The fourth-order valence-electron chi connectivity index (χ4n) is 4.33. The zero-order valence-electron chi connectivity index (χ0n) is 18.2. The highest BCUT2D eigenvalue weighted by molar-refractivity contribution is 5.91. The van der Waals surface area contributed by atoms with Gasteiger partial charge in [-0.25, -0.2) is 4.79 Å². The van der Waals surface area contributed by atoms with E-state index < -0.39 is 29.5 Å². The van der Waals surface area contributed by atoms with Crippen LogP contribution >= 0.6 is 0 Å². The number of nitriles is 1. The molecule has 1 aromatic carbocycles. The summed E-state index contributed by atoms with van der Waals surface area (Å²) in [6.45, 7) is 0.376. The minimum Gasteiger partial charge on any atom is -0.465 e. The minimum absolute atomic E-state index is 0.0352. The summed E-state index contributed by atoms with van der Waals surface area (Å²) in [7, 11) is 0. The number of nitrogens with one attached hydrogen (secondary N) is 2. The summed E-state index contributed by atoms with van der Waals surface area (Å²) >= 11 is 0. The fourth-order valence-corrected chi connectivity index (χ4v) is 4.33. The van der Waals surface area contributed by atoms with Crippen LogP contribution in [0.5, 0.6) is 0 Å². The van der Waals surface area contributed by atoms with Crippen molar-refractivity contribution < 1.29 is 28.2 Å². The molecule has 184 valence electrons. The van der Waals surface area contributed by atoms with Crippen molar-refractivity contribution in [1.29, 1.82) is 5.26 Å². The molecule has 0 radical (unpaired) electrons. The van der Waals surface area contributed by atoms with Crippen LogP contribution in [-0.4, -0.2) is 55.2 Å². The Morgan fingerprint density at radius 1 is 1.26 bits per heavy atom. The zero-order valence-corrected chi connectivity index (χ0v) is 18.2. The number of anilines is 2. The van der Waals surface area contributed by atoms with E-state index >= 15 is 0 Å². The Labute approximate surface area is 196 Å². The first-order chi connectivity index (χ1) is 16.6. The van der Waals surface area contributed by atoms with Gasteiger partial charge in [-0.2, -0.15) is 23.5 Å². The van der Waals surface area contributed by atoms with Crippen molar-refractivity contribution in [2.24, 2.45) is 0 Å². The van der Waals surface area contributed by atoms with Gasteiger partial charge in [0.05, 0.1) is 23.5 Å². The largest absolute Gasteiger partial charge is 0.465 e. The Hall–Kier alpha value is -4.05. The molecule has 1 aliphatic heterocycles. The first kappa shape index (κ1) is 24.1. The number of aliphatic hydroxyl groups excluding tert-OH is 1. The molecule has 2 aromatic heterocycles. The summed E-state index contributed by atoms with van der Waals surface area (Å²) in [6.07, 6.45) is -6.40. The molecular weight excluding hydrogens is 469 g/mol. The molecule has 3 aromatic rings. The quantitative estimate of drug-likeness (QED) is 0.428. The van der Waals surface area contributed by atoms with E-state index in [0.29, 0.717) is 24.0 Å². The third kappa shape index (κ3) is 4.52. The van der Waals surface area contributed by atoms with Gasteiger partial charge in [0.2, 0.25) is 0 Å². The number of carboxylic acid groups (broad SMARTS) is 1. The van der Waals surface area contributed by atoms with Gasteiger partial charge >= 0.3 is 12.3 Å². The normalized spacial score (nSPS) is 16.6. The maximum Gasteiger partial charge on any atom is 0.418 e. The van der Waals surface area contributed by atoms with E-state index in [1.807, 2.05) is 0 Å². The van der Waals surface area contributed by atoms with Gasteiger partial charge in [0.15, 0.2) is 11.9 Å². The number of alkyl halides is 3. The monoisotopic (exact) mass is 490 g/mol. The van der Waals surface area contributed by atoms with Gasteiger partial charge in [-0.3, -0.25) is 9.48 Å². The summed E-state index contributed by atoms with van der Waals surface area (Å²) in [5.41, 5.74) is -0.898. The van der Waals surface area contributed by atoms with E-state index in [4.69, 9.17) is 0 Å². The standard InChI is InChI=1S/C22H21F3N6O4/c23-22(24,25)17(32)13-1-3-14(4-2-13)28-18-16-15(5-10-27-19(16)33)31(29-18)21(6-9-26)7-11-30(12-8-21)20(34)35/h1-5,10,17,32H,6-8,11-12H2,(H,27,33)(H,28,29)(H,34,35). The molecule has 35 heavy (non-hydrogen) atoms. The number of fused-ring (bicyclic) bond motifs is 1. The highest BCUT2D eigenvalue weighted by Gasteiger charge is 2.41. The van der Waals surface area contributed by atoms with E-state index in [9.17, 15) is 38.2 Å². The van der Waals surface area contributed by atoms with Crippen LogP contribution in [0.25, 0.3) is 10.9 Å². The molecule has 1 aliphatic rings. The van der Waals surface area contributed by atoms with Crippen molar-refractivity contribution in [3.05, 3.63) is 52.4 Å². The van der Waals surface area contributed by atoms with Crippen LogP contribution < -0.4 is 10.9 Å². The van der Waals surface area contributed by atoms with Crippen LogP contribution in [-0.2, 0) is 5.54 Å². The number of aromatic nitrogens is 3. The zero-order chi connectivity index (χ0) is 25.4. The van der Waals surface area contributed by atoms with Gasteiger partial charge in [0.1, 0.15) is 5.39 Å². The molecular formula is C22H21F3N6O4.